The molecule has 0 bridgehead atoms. The Morgan fingerprint density at radius 1 is 0.956 bits per heavy atom. The monoisotopic (exact) mass is 633 g/mol. The molecule has 1 aromatic carbocycles. The van der Waals surface area contributed by atoms with Gasteiger partial charge in [-0.05, 0) is 63.0 Å². The van der Waals surface area contributed by atoms with Crippen LogP contribution in [-0.2, 0) is 30.4 Å². The number of fused-ring (bicyclic) bond motifs is 3. The molecule has 45 heavy (non-hydrogen) atoms. The molecule has 6 aliphatic rings. The zero-order chi connectivity index (χ0) is 31.6. The minimum atomic E-state index is -1.13. The molecule has 10 nitrogen and oxygen atoms in total. The van der Waals surface area contributed by atoms with Gasteiger partial charge in [0.1, 0.15) is 23.7 Å². The third-order valence-electron chi connectivity index (χ3n) is 11.1. The van der Waals surface area contributed by atoms with Gasteiger partial charge >= 0.3 is 0 Å². The van der Waals surface area contributed by atoms with E-state index in [1.165, 1.54) is 0 Å². The Morgan fingerprint density at radius 3 is 2.44 bits per heavy atom. The van der Waals surface area contributed by atoms with Crippen LogP contribution in [-0.4, -0.2) is 98.0 Å². The molecule has 2 N–H and O–H groups in total. The summed E-state index contributed by atoms with van der Waals surface area (Å²) in [4.78, 5) is 75.6. The van der Waals surface area contributed by atoms with Gasteiger partial charge in [-0.15, -0.1) is 0 Å². The number of likely N-dealkylation sites (tertiary alicyclic amines) is 2. The molecule has 4 fully saturated rings. The van der Waals surface area contributed by atoms with Gasteiger partial charge in [-0.25, -0.2) is 0 Å². The lowest BCUT2D eigenvalue weighted by Crippen LogP contribution is -2.64. The first-order chi connectivity index (χ1) is 21.6. The number of primary amides is 1. The second-order valence-electron chi connectivity index (χ2n) is 13.6. The lowest BCUT2D eigenvalue weighted by atomic mass is 9.87. The summed E-state index contributed by atoms with van der Waals surface area (Å²) in [5.74, 6) is -1.85. The molecule has 238 valence electrons. The van der Waals surface area contributed by atoms with Crippen LogP contribution >= 0.6 is 11.6 Å². The summed E-state index contributed by atoms with van der Waals surface area (Å²) in [6, 6.07) is 4.92. The van der Waals surface area contributed by atoms with E-state index in [0.717, 1.165) is 5.56 Å². The quantitative estimate of drug-likeness (QED) is 0.499. The van der Waals surface area contributed by atoms with Crippen LogP contribution in [0.15, 0.2) is 48.6 Å². The summed E-state index contributed by atoms with van der Waals surface area (Å²) in [5, 5.41) is 0.611. The first kappa shape index (κ1) is 30.0. The van der Waals surface area contributed by atoms with Crippen molar-refractivity contribution in [2.24, 2.45) is 17.6 Å². The summed E-state index contributed by atoms with van der Waals surface area (Å²) in [5.41, 5.74) is 5.43. The molecule has 4 saturated heterocycles. The number of hydrogen-bond donors (Lipinski definition) is 1. The van der Waals surface area contributed by atoms with Crippen LogP contribution in [0.5, 0.6) is 0 Å². The van der Waals surface area contributed by atoms with Crippen molar-refractivity contribution in [2.45, 2.75) is 94.0 Å². The largest absolute Gasteiger partial charge is 0.368 e. The highest BCUT2D eigenvalue weighted by Crippen LogP contribution is 2.43. The fourth-order valence-corrected chi connectivity index (χ4v) is 9.05. The second kappa shape index (κ2) is 11.3. The van der Waals surface area contributed by atoms with Crippen molar-refractivity contribution in [1.29, 1.82) is 0 Å². The molecule has 1 unspecified atom stereocenters. The predicted molar refractivity (Wildman–Crippen MR) is 166 cm³/mol. The SMILES string of the molecule is CC(Cc1ccccc1Cl)C(=O)N1CCC[C@]12C=C[C@@H]1CC[C@@H](C(=O)N3CC[C@@H]4C=C[C@H]5CC[C@@H](C(N)=O)N5C(=O)[C@H]43)N1C2=O. The van der Waals surface area contributed by atoms with Crippen molar-refractivity contribution in [1.82, 2.24) is 19.6 Å². The third-order valence-corrected chi connectivity index (χ3v) is 11.4. The van der Waals surface area contributed by atoms with Crippen molar-refractivity contribution in [3.8, 4) is 0 Å². The second-order valence-corrected chi connectivity index (χ2v) is 14.0. The number of hydrogen-bond acceptors (Lipinski definition) is 5. The molecule has 7 rings (SSSR count). The minimum Gasteiger partial charge on any atom is -0.368 e. The summed E-state index contributed by atoms with van der Waals surface area (Å²) in [6.07, 6.45) is 12.5. The molecule has 1 aromatic rings. The number of carbonyl (C=O) groups is 5. The van der Waals surface area contributed by atoms with E-state index in [4.69, 9.17) is 17.3 Å². The smallest absolute Gasteiger partial charge is 0.253 e. The van der Waals surface area contributed by atoms with Gasteiger partial charge in [0, 0.05) is 29.9 Å². The van der Waals surface area contributed by atoms with E-state index >= 15 is 0 Å². The van der Waals surface area contributed by atoms with Gasteiger partial charge in [-0.1, -0.05) is 61.0 Å². The molecule has 6 aliphatic heterocycles. The van der Waals surface area contributed by atoms with E-state index in [1.54, 1.807) is 19.6 Å². The van der Waals surface area contributed by atoms with E-state index in [1.807, 2.05) is 55.5 Å². The van der Waals surface area contributed by atoms with Gasteiger partial charge in [0.15, 0.2) is 0 Å². The molecule has 0 aromatic heterocycles. The Kier molecular flexibility index (Phi) is 7.54. The number of benzene rings is 1. The molecule has 0 radical (unpaired) electrons. The lowest BCUT2D eigenvalue weighted by molar-refractivity contribution is -0.157. The molecule has 6 heterocycles. The molecular formula is C34H40ClN5O5. The van der Waals surface area contributed by atoms with E-state index in [0.29, 0.717) is 69.5 Å². The predicted octanol–water partition coefficient (Wildman–Crippen LogP) is 2.44. The number of rotatable bonds is 5. The Labute approximate surface area is 268 Å². The van der Waals surface area contributed by atoms with E-state index in [2.05, 4.69) is 0 Å². The zero-order valence-electron chi connectivity index (χ0n) is 25.5. The molecule has 5 amide bonds. The average molecular weight is 634 g/mol. The van der Waals surface area contributed by atoms with Gasteiger partial charge in [-0.2, -0.15) is 0 Å². The molecular weight excluding hydrogens is 594 g/mol. The number of nitrogens with zero attached hydrogens (tertiary/aromatic N) is 4. The maximum absolute atomic E-state index is 14.5. The Morgan fingerprint density at radius 2 is 1.69 bits per heavy atom. The molecule has 11 heteroatoms. The van der Waals surface area contributed by atoms with Gasteiger partial charge in [0.05, 0.1) is 12.1 Å². The number of halogens is 1. The first-order valence-corrected chi connectivity index (χ1v) is 16.7. The van der Waals surface area contributed by atoms with Crippen LogP contribution in [0.1, 0.15) is 57.4 Å². The highest BCUT2D eigenvalue weighted by atomic mass is 35.5. The summed E-state index contributed by atoms with van der Waals surface area (Å²) >= 11 is 6.39. The van der Waals surface area contributed by atoms with Crippen molar-refractivity contribution >= 4 is 41.1 Å². The zero-order valence-corrected chi connectivity index (χ0v) is 26.3. The Balaban J connectivity index is 1.12. The molecule has 0 aliphatic carbocycles. The van der Waals surface area contributed by atoms with Crippen molar-refractivity contribution in [2.75, 3.05) is 13.1 Å². The number of amides is 5. The first-order valence-electron chi connectivity index (χ1n) is 16.3. The highest BCUT2D eigenvalue weighted by Gasteiger charge is 2.58. The lowest BCUT2D eigenvalue weighted by Gasteiger charge is -2.45. The van der Waals surface area contributed by atoms with Crippen LogP contribution in [0.25, 0.3) is 0 Å². The maximum Gasteiger partial charge on any atom is 0.253 e. The van der Waals surface area contributed by atoms with Gasteiger partial charge < -0.3 is 25.3 Å². The topological polar surface area (TPSA) is 124 Å². The Bertz CT molecular complexity index is 1510. The Hall–Kier alpha value is -3.66. The third kappa shape index (κ3) is 4.70. The van der Waals surface area contributed by atoms with Crippen LogP contribution in [0.4, 0.5) is 0 Å². The molecule has 1 spiro atoms. The minimum absolute atomic E-state index is 0.103. The summed E-state index contributed by atoms with van der Waals surface area (Å²) in [7, 11) is 0. The van der Waals surface area contributed by atoms with Gasteiger partial charge in [0.25, 0.3) is 5.91 Å². The van der Waals surface area contributed by atoms with Crippen molar-refractivity contribution < 1.29 is 24.0 Å². The summed E-state index contributed by atoms with van der Waals surface area (Å²) < 4.78 is 0. The van der Waals surface area contributed by atoms with E-state index in [-0.39, 0.29) is 47.5 Å². The maximum atomic E-state index is 14.5. The normalized spacial score (nSPS) is 34.3. The highest BCUT2D eigenvalue weighted by molar-refractivity contribution is 6.31. The van der Waals surface area contributed by atoms with Crippen LogP contribution < -0.4 is 5.73 Å². The molecule has 8 atom stereocenters. The van der Waals surface area contributed by atoms with Crippen LogP contribution in [0.2, 0.25) is 5.02 Å². The van der Waals surface area contributed by atoms with Crippen LogP contribution in [0.3, 0.4) is 0 Å². The summed E-state index contributed by atoms with van der Waals surface area (Å²) in [6.45, 7) is 2.74. The number of nitrogens with two attached hydrogens (primary N) is 1. The number of carbonyl (C=O) groups excluding carboxylic acids is 5. The average Bonchev–Trinajstić information content (AvgIpc) is 3.81. The standard InChI is InChI=1S/C34H40ClN5O5/c1-20(19-22-5-2-3-6-25(22)35)30(42)38-17-4-15-34(38)16-13-24-10-12-27(40(24)33(34)45)31(43)37-18-14-21-7-8-23-9-11-26(29(36)41)39(23)32(44)28(21)37/h2-3,5-8,13,16,20-21,23-24,26-28H,4,9-12,14-15,17-19H2,1H3,(H2,36,41)/t20?,21-,23-,24-,26-,27-,28-,34+/m0/s1. The van der Waals surface area contributed by atoms with Crippen molar-refractivity contribution in [3.05, 3.63) is 59.2 Å². The van der Waals surface area contributed by atoms with Gasteiger partial charge in [-0.3, -0.25) is 24.0 Å². The van der Waals surface area contributed by atoms with E-state index in [9.17, 15) is 24.0 Å². The fraction of sp³-hybridized carbons (Fsp3) is 0.559. The van der Waals surface area contributed by atoms with Gasteiger partial charge in [0.2, 0.25) is 23.6 Å². The van der Waals surface area contributed by atoms with Crippen LogP contribution in [0, 0.1) is 11.8 Å². The molecule has 0 saturated carbocycles. The van der Waals surface area contributed by atoms with Crippen molar-refractivity contribution in [3.63, 3.8) is 0 Å². The fourth-order valence-electron chi connectivity index (χ4n) is 8.84. The van der Waals surface area contributed by atoms with E-state index < -0.39 is 29.6 Å².